The van der Waals surface area contributed by atoms with Gasteiger partial charge in [-0.15, -0.1) is 0 Å². The van der Waals surface area contributed by atoms with Crippen LogP contribution >= 0.6 is 27.7 Å². The van der Waals surface area contributed by atoms with Crippen LogP contribution in [0, 0.1) is 0 Å². The van der Waals surface area contributed by atoms with Crippen molar-refractivity contribution >= 4 is 39.5 Å². The summed E-state index contributed by atoms with van der Waals surface area (Å²) in [4.78, 5) is 25.1. The standard InChI is InChI=1S/C21H25BrN2O2S/c1-27-15-13-19(24-20(25)17-11-5-6-12-18(17)22)21(26)23-14-7-10-16-8-3-2-4-9-16/h2-6,8-9,11-12,19H,7,10,13-15H2,1H3,(H,23,26)(H,24,25). The van der Waals surface area contributed by atoms with Crippen molar-refractivity contribution in [3.63, 3.8) is 0 Å². The molecule has 0 radical (unpaired) electrons. The van der Waals surface area contributed by atoms with E-state index in [1.807, 2.05) is 36.6 Å². The van der Waals surface area contributed by atoms with Crippen molar-refractivity contribution < 1.29 is 9.59 Å². The van der Waals surface area contributed by atoms with E-state index in [1.54, 1.807) is 23.9 Å². The van der Waals surface area contributed by atoms with E-state index in [0.29, 0.717) is 18.5 Å². The maximum absolute atomic E-state index is 12.6. The van der Waals surface area contributed by atoms with Gasteiger partial charge in [0.1, 0.15) is 6.04 Å². The number of amides is 2. The first-order chi connectivity index (χ1) is 13.1. The smallest absolute Gasteiger partial charge is 0.253 e. The molecule has 0 saturated carbocycles. The number of rotatable bonds is 10. The molecule has 144 valence electrons. The van der Waals surface area contributed by atoms with Crippen LogP contribution in [0.5, 0.6) is 0 Å². The van der Waals surface area contributed by atoms with Gasteiger partial charge >= 0.3 is 0 Å². The largest absolute Gasteiger partial charge is 0.354 e. The van der Waals surface area contributed by atoms with Crippen LogP contribution in [-0.4, -0.2) is 36.4 Å². The van der Waals surface area contributed by atoms with Crippen LogP contribution in [0.3, 0.4) is 0 Å². The Morgan fingerprint density at radius 2 is 1.78 bits per heavy atom. The summed E-state index contributed by atoms with van der Waals surface area (Å²) in [6.45, 7) is 0.592. The van der Waals surface area contributed by atoms with Crippen LogP contribution in [0.2, 0.25) is 0 Å². The zero-order valence-corrected chi connectivity index (χ0v) is 17.8. The molecule has 0 heterocycles. The fraction of sp³-hybridized carbons (Fsp3) is 0.333. The van der Waals surface area contributed by atoms with Gasteiger partial charge in [-0.05, 0) is 64.9 Å². The number of halogens is 1. The third kappa shape index (κ3) is 7.39. The van der Waals surface area contributed by atoms with Crippen LogP contribution < -0.4 is 10.6 Å². The molecular formula is C21H25BrN2O2S. The number of carbonyl (C=O) groups is 2. The summed E-state index contributed by atoms with van der Waals surface area (Å²) in [5.74, 6) is 0.434. The Kier molecular flexibility index (Phi) is 9.42. The third-order valence-electron chi connectivity index (χ3n) is 4.14. The monoisotopic (exact) mass is 448 g/mol. The molecule has 2 aromatic rings. The summed E-state index contributed by atoms with van der Waals surface area (Å²) in [7, 11) is 0. The molecule has 2 aromatic carbocycles. The average molecular weight is 449 g/mol. The second kappa shape index (κ2) is 11.8. The fourth-order valence-corrected chi connectivity index (χ4v) is 3.59. The summed E-state index contributed by atoms with van der Waals surface area (Å²) in [6, 6.07) is 16.9. The first-order valence-electron chi connectivity index (χ1n) is 8.97. The molecule has 27 heavy (non-hydrogen) atoms. The number of benzene rings is 2. The predicted molar refractivity (Wildman–Crippen MR) is 116 cm³/mol. The molecule has 6 heteroatoms. The summed E-state index contributed by atoms with van der Waals surface area (Å²) in [6.07, 6.45) is 4.37. The average Bonchev–Trinajstić information content (AvgIpc) is 2.69. The van der Waals surface area contributed by atoms with Gasteiger partial charge in [-0.2, -0.15) is 11.8 Å². The van der Waals surface area contributed by atoms with Gasteiger partial charge in [-0.25, -0.2) is 0 Å². The maximum Gasteiger partial charge on any atom is 0.253 e. The molecule has 1 unspecified atom stereocenters. The Bertz CT molecular complexity index is 740. The van der Waals surface area contributed by atoms with Crippen molar-refractivity contribution in [1.82, 2.24) is 10.6 Å². The van der Waals surface area contributed by atoms with Crippen LogP contribution in [0.15, 0.2) is 59.1 Å². The number of hydrogen-bond acceptors (Lipinski definition) is 3. The van der Waals surface area contributed by atoms with E-state index in [-0.39, 0.29) is 11.8 Å². The predicted octanol–water partition coefficient (Wildman–Crippen LogP) is 4.05. The molecular weight excluding hydrogens is 424 g/mol. The Hall–Kier alpha value is -1.79. The van der Waals surface area contributed by atoms with Gasteiger partial charge in [0.05, 0.1) is 5.56 Å². The quantitative estimate of drug-likeness (QED) is 0.538. The maximum atomic E-state index is 12.6. The van der Waals surface area contributed by atoms with Crippen LogP contribution in [0.1, 0.15) is 28.8 Å². The first-order valence-corrected chi connectivity index (χ1v) is 11.2. The van der Waals surface area contributed by atoms with Gasteiger partial charge < -0.3 is 10.6 Å². The fourth-order valence-electron chi connectivity index (χ4n) is 2.66. The summed E-state index contributed by atoms with van der Waals surface area (Å²) in [5.41, 5.74) is 1.79. The highest BCUT2D eigenvalue weighted by Crippen LogP contribution is 2.16. The van der Waals surface area contributed by atoms with Crippen molar-refractivity contribution in [1.29, 1.82) is 0 Å². The van der Waals surface area contributed by atoms with Crippen molar-refractivity contribution in [3.8, 4) is 0 Å². The molecule has 2 amide bonds. The molecule has 0 aromatic heterocycles. The Balaban J connectivity index is 1.87. The number of aryl methyl sites for hydroxylation is 1. The van der Waals surface area contributed by atoms with Crippen molar-refractivity contribution in [2.75, 3.05) is 18.6 Å². The second-order valence-corrected chi connectivity index (χ2v) is 8.01. The van der Waals surface area contributed by atoms with E-state index in [4.69, 9.17) is 0 Å². The van der Waals surface area contributed by atoms with Gasteiger partial charge in [0.2, 0.25) is 5.91 Å². The topological polar surface area (TPSA) is 58.2 Å². The molecule has 0 bridgehead atoms. The highest BCUT2D eigenvalue weighted by atomic mass is 79.9. The molecule has 4 nitrogen and oxygen atoms in total. The van der Waals surface area contributed by atoms with Crippen LogP contribution in [0.25, 0.3) is 0 Å². The first kappa shape index (κ1) is 21.5. The molecule has 0 aliphatic rings. The lowest BCUT2D eigenvalue weighted by molar-refractivity contribution is -0.123. The second-order valence-electron chi connectivity index (χ2n) is 6.17. The highest BCUT2D eigenvalue weighted by molar-refractivity contribution is 9.10. The van der Waals surface area contributed by atoms with Crippen LogP contribution in [-0.2, 0) is 11.2 Å². The minimum absolute atomic E-state index is 0.127. The van der Waals surface area contributed by atoms with Crippen molar-refractivity contribution in [2.45, 2.75) is 25.3 Å². The lowest BCUT2D eigenvalue weighted by Crippen LogP contribution is -2.47. The molecule has 0 aliphatic carbocycles. The molecule has 0 spiro atoms. The molecule has 2 N–H and O–H groups in total. The summed E-state index contributed by atoms with van der Waals surface area (Å²) in [5, 5.41) is 5.83. The number of hydrogen-bond donors (Lipinski definition) is 2. The van der Waals surface area contributed by atoms with Gasteiger partial charge in [0, 0.05) is 11.0 Å². The zero-order chi connectivity index (χ0) is 19.5. The van der Waals surface area contributed by atoms with Crippen LogP contribution in [0.4, 0.5) is 0 Å². The Morgan fingerprint density at radius 3 is 2.48 bits per heavy atom. The minimum Gasteiger partial charge on any atom is -0.354 e. The van der Waals surface area contributed by atoms with E-state index in [0.717, 1.165) is 23.1 Å². The molecule has 0 aliphatic heterocycles. The minimum atomic E-state index is -0.534. The lowest BCUT2D eigenvalue weighted by atomic mass is 10.1. The van der Waals surface area contributed by atoms with E-state index < -0.39 is 6.04 Å². The zero-order valence-electron chi connectivity index (χ0n) is 15.4. The third-order valence-corrected chi connectivity index (χ3v) is 5.47. The SMILES string of the molecule is CSCCC(NC(=O)c1ccccc1Br)C(=O)NCCCc1ccccc1. The highest BCUT2D eigenvalue weighted by Gasteiger charge is 2.21. The van der Waals surface area contributed by atoms with Gasteiger partial charge in [-0.3, -0.25) is 9.59 Å². The van der Waals surface area contributed by atoms with E-state index >= 15 is 0 Å². The van der Waals surface area contributed by atoms with E-state index in [1.165, 1.54) is 5.56 Å². The van der Waals surface area contributed by atoms with Crippen molar-refractivity contribution in [2.24, 2.45) is 0 Å². The molecule has 1 atom stereocenters. The van der Waals surface area contributed by atoms with Gasteiger partial charge in [-0.1, -0.05) is 42.5 Å². The number of thioether (sulfide) groups is 1. The van der Waals surface area contributed by atoms with Gasteiger partial charge in [0.25, 0.3) is 5.91 Å². The van der Waals surface area contributed by atoms with Gasteiger partial charge in [0.15, 0.2) is 0 Å². The molecule has 2 rings (SSSR count). The Morgan fingerprint density at radius 1 is 1.07 bits per heavy atom. The summed E-state index contributed by atoms with van der Waals surface area (Å²) < 4.78 is 0.717. The molecule has 0 saturated heterocycles. The van der Waals surface area contributed by atoms with E-state index in [9.17, 15) is 9.59 Å². The summed E-state index contributed by atoms with van der Waals surface area (Å²) >= 11 is 5.04. The van der Waals surface area contributed by atoms with Crippen molar-refractivity contribution in [3.05, 3.63) is 70.2 Å². The lowest BCUT2D eigenvalue weighted by Gasteiger charge is -2.18. The molecule has 0 fully saturated rings. The van der Waals surface area contributed by atoms with E-state index in [2.05, 4.69) is 38.7 Å². The number of carbonyl (C=O) groups excluding carboxylic acids is 2. The number of nitrogens with one attached hydrogen (secondary N) is 2. The Labute approximate surface area is 173 Å². The normalized spacial score (nSPS) is 11.6.